The molecule has 2 aromatic carbocycles. The molecule has 0 fully saturated rings. The first-order chi connectivity index (χ1) is 17.6. The van der Waals surface area contributed by atoms with E-state index in [0.29, 0.717) is 26.7 Å². The molecule has 2 aliphatic rings. The lowest BCUT2D eigenvalue weighted by atomic mass is 9.97. The minimum atomic E-state index is -5.17. The van der Waals surface area contributed by atoms with Gasteiger partial charge in [-0.05, 0) is 12.1 Å². The number of aromatic nitrogens is 2. The molecular weight excluding hydrogens is 517 g/mol. The molecule has 37 heavy (non-hydrogen) atoms. The van der Waals surface area contributed by atoms with Crippen molar-refractivity contribution in [3.05, 3.63) is 64.9 Å². The Morgan fingerprint density at radius 3 is 2.57 bits per heavy atom. The zero-order chi connectivity index (χ0) is 26.3. The normalized spacial score (nSPS) is 17.8. The van der Waals surface area contributed by atoms with Crippen molar-refractivity contribution in [1.29, 1.82) is 0 Å². The zero-order valence-corrected chi connectivity index (χ0v) is 19.6. The van der Waals surface area contributed by atoms with Crippen molar-refractivity contribution in [2.45, 2.75) is 24.6 Å². The first-order valence-corrected chi connectivity index (χ1v) is 11.4. The van der Waals surface area contributed by atoms with E-state index in [1.807, 2.05) is 0 Å². The van der Waals surface area contributed by atoms with Crippen LogP contribution in [0.25, 0.3) is 0 Å². The van der Waals surface area contributed by atoms with Gasteiger partial charge in [-0.15, -0.1) is 0 Å². The van der Waals surface area contributed by atoms with Crippen molar-refractivity contribution < 1.29 is 37.3 Å². The number of carbonyl (C=O) groups is 2. The van der Waals surface area contributed by atoms with Crippen LogP contribution in [0.2, 0.25) is 5.02 Å². The number of benzene rings is 2. The van der Waals surface area contributed by atoms with Gasteiger partial charge in [-0.3, -0.25) is 14.5 Å². The number of rotatable bonds is 6. The average molecular weight is 535 g/mol. The molecule has 13 heteroatoms. The van der Waals surface area contributed by atoms with Gasteiger partial charge in [0, 0.05) is 28.8 Å². The van der Waals surface area contributed by atoms with Crippen LogP contribution < -0.4 is 19.7 Å². The summed E-state index contributed by atoms with van der Waals surface area (Å²) in [6, 6.07) is 7.89. The number of ether oxygens (including phenoxy) is 2. The van der Waals surface area contributed by atoms with Gasteiger partial charge in [-0.2, -0.15) is 13.2 Å². The highest BCUT2D eigenvalue weighted by Gasteiger charge is 2.48. The van der Waals surface area contributed by atoms with Crippen LogP contribution in [0.5, 0.6) is 11.5 Å². The summed E-state index contributed by atoms with van der Waals surface area (Å²) in [6.07, 6.45) is -2.59. The van der Waals surface area contributed by atoms with E-state index in [0.717, 1.165) is 0 Å². The number of hydrogen-bond acceptors (Lipinski definition) is 7. The topological polar surface area (TPSA) is 114 Å². The van der Waals surface area contributed by atoms with Gasteiger partial charge in [0.2, 0.25) is 5.95 Å². The third kappa shape index (κ3) is 4.84. The number of fused-ring (bicyclic) bond motifs is 2. The maximum atomic E-state index is 13.7. The van der Waals surface area contributed by atoms with Gasteiger partial charge in [-0.1, -0.05) is 29.8 Å². The summed E-state index contributed by atoms with van der Waals surface area (Å²) < 4.78 is 52.5. The number of alkyl halides is 3. The van der Waals surface area contributed by atoms with Crippen LogP contribution in [0.3, 0.4) is 0 Å². The molecule has 3 aromatic rings. The monoisotopic (exact) mass is 534 g/mol. The van der Waals surface area contributed by atoms with Crippen LogP contribution in [-0.2, 0) is 9.59 Å². The summed E-state index contributed by atoms with van der Waals surface area (Å²) in [5, 5.41) is 12.4. The van der Waals surface area contributed by atoms with Crippen LogP contribution in [0, 0.1) is 0 Å². The molecule has 0 radical (unpaired) electrons. The van der Waals surface area contributed by atoms with Crippen molar-refractivity contribution in [2.24, 2.45) is 0 Å². The highest BCUT2D eigenvalue weighted by Crippen LogP contribution is 2.46. The van der Waals surface area contributed by atoms with E-state index in [1.54, 1.807) is 18.2 Å². The van der Waals surface area contributed by atoms with E-state index >= 15 is 0 Å². The average Bonchev–Trinajstić information content (AvgIpc) is 3.45. The third-order valence-corrected chi connectivity index (χ3v) is 6.20. The number of carbonyl (C=O) groups excluding carboxylic acids is 1. The standard InChI is InChI=1S/C24H18ClF3N4O5/c25-13-8-29-23(30-9-13)31-17-3-1-2-16-18(11-37-21(16)17)32(22(35)24(26,27)28)14-4-5-15-12(6-20(33)34)10-36-19(15)7-14/h1-5,7-9,12,18H,6,10-11H2,(H,33,34)(H,29,30,31)/t12-,18-/m1/s1. The Balaban J connectivity index is 1.51. The van der Waals surface area contributed by atoms with E-state index in [1.165, 1.54) is 30.6 Å². The summed E-state index contributed by atoms with van der Waals surface area (Å²) in [6.45, 7) is -0.160. The number of aliphatic carboxylic acids is 1. The molecule has 1 amide bonds. The number of anilines is 3. The third-order valence-electron chi connectivity index (χ3n) is 6.01. The van der Waals surface area contributed by atoms with E-state index in [9.17, 15) is 22.8 Å². The molecule has 192 valence electrons. The fraction of sp³-hybridized carbons (Fsp3) is 0.250. The minimum Gasteiger partial charge on any atom is -0.493 e. The fourth-order valence-electron chi connectivity index (χ4n) is 4.41. The Hall–Kier alpha value is -4.06. The Morgan fingerprint density at radius 1 is 1.11 bits per heavy atom. The smallest absolute Gasteiger partial charge is 0.471 e. The molecule has 9 nitrogen and oxygen atoms in total. The molecule has 0 bridgehead atoms. The van der Waals surface area contributed by atoms with Crippen LogP contribution >= 0.6 is 11.6 Å². The van der Waals surface area contributed by atoms with Crippen LogP contribution in [-0.4, -0.2) is 46.3 Å². The summed E-state index contributed by atoms with van der Waals surface area (Å²) in [7, 11) is 0. The number of halogens is 4. The summed E-state index contributed by atoms with van der Waals surface area (Å²) in [4.78, 5) is 32.5. The summed E-state index contributed by atoms with van der Waals surface area (Å²) >= 11 is 5.81. The Bertz CT molecular complexity index is 1370. The molecule has 3 heterocycles. The minimum absolute atomic E-state index is 0.0575. The van der Waals surface area contributed by atoms with E-state index in [-0.39, 0.29) is 42.8 Å². The van der Waals surface area contributed by atoms with Gasteiger partial charge in [-0.25, -0.2) is 9.97 Å². The largest absolute Gasteiger partial charge is 0.493 e. The van der Waals surface area contributed by atoms with Crippen LogP contribution in [0.15, 0.2) is 48.8 Å². The number of carboxylic acids is 1. The molecule has 0 spiro atoms. The number of amides is 1. The number of nitrogens with zero attached hydrogens (tertiary/aromatic N) is 3. The van der Waals surface area contributed by atoms with E-state index < -0.39 is 30.0 Å². The molecule has 0 saturated carbocycles. The van der Waals surface area contributed by atoms with Gasteiger partial charge in [0.15, 0.2) is 0 Å². The maximum absolute atomic E-state index is 13.7. The first kappa shape index (κ1) is 24.6. The fourth-order valence-corrected chi connectivity index (χ4v) is 4.51. The van der Waals surface area contributed by atoms with Crippen molar-refractivity contribution >= 4 is 40.8 Å². The zero-order valence-electron chi connectivity index (χ0n) is 18.8. The number of hydrogen-bond donors (Lipinski definition) is 2. The number of para-hydroxylation sites is 1. The molecule has 2 N–H and O–H groups in total. The molecule has 2 atom stereocenters. The molecular formula is C24H18ClF3N4O5. The van der Waals surface area contributed by atoms with Gasteiger partial charge < -0.3 is 19.9 Å². The van der Waals surface area contributed by atoms with Gasteiger partial charge in [0.05, 0.1) is 42.2 Å². The molecule has 0 aliphatic carbocycles. The van der Waals surface area contributed by atoms with Crippen LogP contribution in [0.4, 0.5) is 30.5 Å². The second-order valence-corrected chi connectivity index (χ2v) is 8.84. The second-order valence-electron chi connectivity index (χ2n) is 8.40. The van der Waals surface area contributed by atoms with Gasteiger partial charge >= 0.3 is 18.1 Å². The highest BCUT2D eigenvalue weighted by atomic mass is 35.5. The van der Waals surface area contributed by atoms with Gasteiger partial charge in [0.25, 0.3) is 0 Å². The van der Waals surface area contributed by atoms with Gasteiger partial charge in [0.1, 0.15) is 18.1 Å². The van der Waals surface area contributed by atoms with E-state index in [4.69, 9.17) is 26.2 Å². The van der Waals surface area contributed by atoms with E-state index in [2.05, 4.69) is 15.3 Å². The lowest BCUT2D eigenvalue weighted by Crippen LogP contribution is -2.44. The predicted octanol–water partition coefficient (Wildman–Crippen LogP) is 4.85. The first-order valence-electron chi connectivity index (χ1n) is 11.0. The quantitative estimate of drug-likeness (QED) is 0.461. The van der Waals surface area contributed by atoms with Crippen molar-refractivity contribution in [3.63, 3.8) is 0 Å². The van der Waals surface area contributed by atoms with Crippen molar-refractivity contribution in [3.8, 4) is 11.5 Å². The predicted molar refractivity (Wildman–Crippen MR) is 125 cm³/mol. The number of nitrogens with one attached hydrogen (secondary N) is 1. The second kappa shape index (κ2) is 9.43. The van der Waals surface area contributed by atoms with Crippen LogP contribution in [0.1, 0.15) is 29.5 Å². The SMILES string of the molecule is O=C(O)C[C@@H]1COc2cc(N(C(=O)C(F)(F)F)[C@@H]3COc4c(Nc5ncc(Cl)cn5)cccc43)ccc21. The Kier molecular flexibility index (Phi) is 6.28. The molecule has 2 aliphatic heterocycles. The Labute approximate surface area is 212 Å². The van der Waals surface area contributed by atoms with Crippen molar-refractivity contribution in [1.82, 2.24) is 9.97 Å². The molecule has 0 unspecified atom stereocenters. The Morgan fingerprint density at radius 2 is 1.86 bits per heavy atom. The lowest BCUT2D eigenvalue weighted by molar-refractivity contribution is -0.171. The lowest BCUT2D eigenvalue weighted by Gasteiger charge is -2.29. The summed E-state index contributed by atoms with van der Waals surface area (Å²) in [5.41, 5.74) is 1.25. The molecule has 0 saturated heterocycles. The summed E-state index contributed by atoms with van der Waals surface area (Å²) in [5.74, 6) is -2.85. The molecule has 5 rings (SSSR count). The highest BCUT2D eigenvalue weighted by molar-refractivity contribution is 6.30. The molecule has 1 aromatic heterocycles. The van der Waals surface area contributed by atoms with Crippen molar-refractivity contribution in [2.75, 3.05) is 23.4 Å². The number of carboxylic acid groups (broad SMARTS) is 1. The maximum Gasteiger partial charge on any atom is 0.471 e.